The SMILES string of the molecule is FC(F)(F)Oc1ccc(N2CC3CCC2C3)nc1. The molecule has 1 aromatic heterocycles. The third kappa shape index (κ3) is 2.23. The minimum Gasteiger partial charge on any atom is -0.404 e. The topological polar surface area (TPSA) is 25.4 Å². The summed E-state index contributed by atoms with van der Waals surface area (Å²) in [6, 6.07) is 3.43. The van der Waals surface area contributed by atoms with Gasteiger partial charge < -0.3 is 9.64 Å². The Kier molecular flexibility index (Phi) is 2.60. The minimum atomic E-state index is -4.66. The monoisotopic (exact) mass is 258 g/mol. The average Bonchev–Trinajstić information content (AvgIpc) is 2.89. The van der Waals surface area contributed by atoms with E-state index < -0.39 is 6.36 Å². The van der Waals surface area contributed by atoms with E-state index in [-0.39, 0.29) is 5.75 Å². The van der Waals surface area contributed by atoms with Crippen LogP contribution in [0.2, 0.25) is 0 Å². The van der Waals surface area contributed by atoms with Gasteiger partial charge in [-0.05, 0) is 37.3 Å². The molecule has 6 heteroatoms. The quantitative estimate of drug-likeness (QED) is 0.815. The molecule has 0 aromatic carbocycles. The second-order valence-corrected chi connectivity index (χ2v) is 4.89. The van der Waals surface area contributed by atoms with Crippen LogP contribution in [-0.2, 0) is 0 Å². The lowest BCUT2D eigenvalue weighted by molar-refractivity contribution is -0.274. The molecule has 1 aromatic rings. The predicted octanol–water partition coefficient (Wildman–Crippen LogP) is 2.97. The van der Waals surface area contributed by atoms with Gasteiger partial charge in [0.15, 0.2) is 0 Å². The second kappa shape index (κ2) is 4.03. The highest BCUT2D eigenvalue weighted by Crippen LogP contribution is 2.39. The van der Waals surface area contributed by atoms with Crippen molar-refractivity contribution >= 4 is 5.82 Å². The molecule has 0 amide bonds. The van der Waals surface area contributed by atoms with Crippen LogP contribution >= 0.6 is 0 Å². The van der Waals surface area contributed by atoms with Gasteiger partial charge in [0.1, 0.15) is 11.6 Å². The lowest BCUT2D eigenvalue weighted by Crippen LogP contribution is -2.32. The van der Waals surface area contributed by atoms with E-state index in [0.29, 0.717) is 6.04 Å². The first-order valence-electron chi connectivity index (χ1n) is 6.00. The summed E-state index contributed by atoms with van der Waals surface area (Å²) in [5, 5.41) is 0. The Morgan fingerprint density at radius 2 is 2.11 bits per heavy atom. The highest BCUT2D eigenvalue weighted by atomic mass is 19.4. The molecular formula is C12H13F3N2O. The van der Waals surface area contributed by atoms with E-state index in [1.807, 2.05) is 0 Å². The molecule has 1 saturated carbocycles. The van der Waals surface area contributed by atoms with Gasteiger partial charge in [-0.25, -0.2) is 4.98 Å². The van der Waals surface area contributed by atoms with E-state index >= 15 is 0 Å². The number of hydrogen-bond donors (Lipinski definition) is 0. The molecule has 3 nitrogen and oxygen atoms in total. The fourth-order valence-electron chi connectivity index (χ4n) is 2.94. The number of nitrogens with zero attached hydrogens (tertiary/aromatic N) is 2. The lowest BCUT2D eigenvalue weighted by Gasteiger charge is -2.28. The van der Waals surface area contributed by atoms with Gasteiger partial charge in [0.2, 0.25) is 0 Å². The summed E-state index contributed by atoms with van der Waals surface area (Å²) in [4.78, 5) is 6.25. The number of anilines is 1. The number of ether oxygens (including phenoxy) is 1. The van der Waals surface area contributed by atoms with Crippen LogP contribution in [0.1, 0.15) is 19.3 Å². The van der Waals surface area contributed by atoms with Crippen molar-refractivity contribution in [1.82, 2.24) is 4.98 Å². The fraction of sp³-hybridized carbons (Fsp3) is 0.583. The van der Waals surface area contributed by atoms with E-state index in [2.05, 4.69) is 14.6 Å². The van der Waals surface area contributed by atoms with Crippen LogP contribution < -0.4 is 9.64 Å². The number of hydrogen-bond acceptors (Lipinski definition) is 3. The maximum atomic E-state index is 12.0. The molecule has 2 heterocycles. The zero-order valence-electron chi connectivity index (χ0n) is 9.65. The second-order valence-electron chi connectivity index (χ2n) is 4.89. The summed E-state index contributed by atoms with van der Waals surface area (Å²) in [6.45, 7) is 0.969. The number of aromatic nitrogens is 1. The van der Waals surface area contributed by atoms with Crippen molar-refractivity contribution in [3.05, 3.63) is 18.3 Å². The molecule has 18 heavy (non-hydrogen) atoms. The van der Waals surface area contributed by atoms with Gasteiger partial charge in [-0.15, -0.1) is 13.2 Å². The molecule has 0 N–H and O–H groups in total. The fourth-order valence-corrected chi connectivity index (χ4v) is 2.94. The van der Waals surface area contributed by atoms with E-state index in [4.69, 9.17) is 0 Å². The Balaban J connectivity index is 1.71. The van der Waals surface area contributed by atoms with Crippen LogP contribution in [0.3, 0.4) is 0 Å². The summed E-state index contributed by atoms with van der Waals surface area (Å²) in [7, 11) is 0. The number of fused-ring (bicyclic) bond motifs is 2. The zero-order valence-corrected chi connectivity index (χ0v) is 9.65. The average molecular weight is 258 g/mol. The lowest BCUT2D eigenvalue weighted by atomic mass is 10.1. The highest BCUT2D eigenvalue weighted by molar-refractivity contribution is 5.44. The van der Waals surface area contributed by atoms with Crippen LogP contribution in [-0.4, -0.2) is 23.9 Å². The normalized spacial score (nSPS) is 26.7. The van der Waals surface area contributed by atoms with Crippen molar-refractivity contribution in [3.8, 4) is 5.75 Å². The molecule has 0 radical (unpaired) electrons. The van der Waals surface area contributed by atoms with E-state index in [0.717, 1.165) is 30.9 Å². The third-order valence-corrected chi connectivity index (χ3v) is 3.66. The van der Waals surface area contributed by atoms with Gasteiger partial charge in [-0.1, -0.05) is 0 Å². The van der Waals surface area contributed by atoms with Crippen LogP contribution in [0.25, 0.3) is 0 Å². The van der Waals surface area contributed by atoms with Crippen molar-refractivity contribution in [2.24, 2.45) is 5.92 Å². The largest absolute Gasteiger partial charge is 0.573 e. The van der Waals surface area contributed by atoms with Gasteiger partial charge in [-0.2, -0.15) is 0 Å². The molecule has 2 bridgehead atoms. The van der Waals surface area contributed by atoms with Crippen LogP contribution in [0.15, 0.2) is 18.3 Å². The molecule has 2 fully saturated rings. The smallest absolute Gasteiger partial charge is 0.404 e. The molecule has 1 aliphatic heterocycles. The van der Waals surface area contributed by atoms with Crippen molar-refractivity contribution in [1.29, 1.82) is 0 Å². The number of alkyl halides is 3. The standard InChI is InChI=1S/C12H13F3N2O/c13-12(14,15)18-10-3-4-11(16-6-10)17-7-8-1-2-9(17)5-8/h3-4,6,8-9H,1-2,5,7H2. The Labute approximate surface area is 103 Å². The summed E-state index contributed by atoms with van der Waals surface area (Å²) < 4.78 is 39.8. The maximum absolute atomic E-state index is 12.0. The number of piperidine rings is 1. The van der Waals surface area contributed by atoms with Gasteiger partial charge in [-0.3, -0.25) is 0 Å². The van der Waals surface area contributed by atoms with Crippen molar-refractivity contribution in [3.63, 3.8) is 0 Å². The number of halogens is 3. The van der Waals surface area contributed by atoms with Crippen molar-refractivity contribution in [2.75, 3.05) is 11.4 Å². The zero-order chi connectivity index (χ0) is 12.8. The summed E-state index contributed by atoms with van der Waals surface area (Å²) >= 11 is 0. The minimum absolute atomic E-state index is 0.268. The Hall–Kier alpha value is -1.46. The molecule has 2 unspecified atom stereocenters. The molecule has 2 aliphatic rings. The maximum Gasteiger partial charge on any atom is 0.573 e. The van der Waals surface area contributed by atoms with E-state index in [1.54, 1.807) is 6.07 Å². The molecule has 1 saturated heterocycles. The van der Waals surface area contributed by atoms with Crippen molar-refractivity contribution in [2.45, 2.75) is 31.7 Å². The van der Waals surface area contributed by atoms with Gasteiger partial charge in [0.25, 0.3) is 0 Å². The van der Waals surface area contributed by atoms with E-state index in [9.17, 15) is 13.2 Å². The van der Waals surface area contributed by atoms with Crippen molar-refractivity contribution < 1.29 is 17.9 Å². The van der Waals surface area contributed by atoms with Crippen LogP contribution in [0.4, 0.5) is 19.0 Å². The first kappa shape index (κ1) is 11.6. The van der Waals surface area contributed by atoms with Crippen LogP contribution in [0, 0.1) is 5.92 Å². The number of rotatable bonds is 2. The number of pyridine rings is 1. The summed E-state index contributed by atoms with van der Waals surface area (Å²) in [5.41, 5.74) is 0. The molecule has 1 aliphatic carbocycles. The van der Waals surface area contributed by atoms with Gasteiger partial charge >= 0.3 is 6.36 Å². The molecule has 98 valence electrons. The first-order chi connectivity index (χ1) is 8.51. The third-order valence-electron chi connectivity index (χ3n) is 3.66. The van der Waals surface area contributed by atoms with E-state index in [1.165, 1.54) is 18.9 Å². The Morgan fingerprint density at radius 1 is 1.28 bits per heavy atom. The predicted molar refractivity (Wildman–Crippen MR) is 59.4 cm³/mol. The summed E-state index contributed by atoms with van der Waals surface area (Å²) in [6.07, 6.45) is 0.0802. The molecule has 0 spiro atoms. The van der Waals surface area contributed by atoms with Crippen LogP contribution in [0.5, 0.6) is 5.75 Å². The Morgan fingerprint density at radius 3 is 2.61 bits per heavy atom. The Bertz CT molecular complexity index is 432. The van der Waals surface area contributed by atoms with Gasteiger partial charge in [0, 0.05) is 12.6 Å². The molecule has 3 rings (SSSR count). The molecule has 2 atom stereocenters. The highest BCUT2D eigenvalue weighted by Gasteiger charge is 2.38. The van der Waals surface area contributed by atoms with Gasteiger partial charge in [0.05, 0.1) is 6.20 Å². The first-order valence-corrected chi connectivity index (χ1v) is 6.00. The molecular weight excluding hydrogens is 245 g/mol. The summed E-state index contributed by atoms with van der Waals surface area (Å²) in [5.74, 6) is 1.20.